The first-order valence-electron chi connectivity index (χ1n) is 7.68. The molecule has 0 saturated carbocycles. The van der Waals surface area contributed by atoms with Crippen molar-refractivity contribution in [1.82, 2.24) is 14.6 Å². The monoisotopic (exact) mass is 386 g/mol. The minimum Gasteiger partial charge on any atom is -0.348 e. The van der Waals surface area contributed by atoms with E-state index in [4.69, 9.17) is 23.2 Å². The second-order valence-electron chi connectivity index (χ2n) is 5.67. The molecule has 6 nitrogen and oxygen atoms in total. The molecule has 4 aromatic rings. The largest absolute Gasteiger partial charge is 0.348 e. The van der Waals surface area contributed by atoms with Gasteiger partial charge in [0.15, 0.2) is 5.65 Å². The number of anilines is 2. The van der Waals surface area contributed by atoms with Crippen molar-refractivity contribution < 1.29 is 0 Å². The maximum Gasteiger partial charge on any atom is 0.290 e. The maximum absolute atomic E-state index is 12.4. The first-order valence-corrected chi connectivity index (χ1v) is 8.43. The zero-order valence-corrected chi connectivity index (χ0v) is 14.7. The quantitative estimate of drug-likeness (QED) is 0.496. The van der Waals surface area contributed by atoms with E-state index in [1.165, 1.54) is 6.07 Å². The van der Waals surface area contributed by atoms with Crippen molar-refractivity contribution in [3.8, 4) is 11.3 Å². The number of nitrogens with one attached hydrogen (secondary N) is 3. The number of para-hydroxylation sites is 1. The Morgan fingerprint density at radius 2 is 1.62 bits per heavy atom. The van der Waals surface area contributed by atoms with E-state index in [1.807, 2.05) is 30.3 Å². The number of H-pyrrole nitrogens is 2. The Hall–Kier alpha value is -2.96. The Morgan fingerprint density at radius 1 is 0.923 bits per heavy atom. The van der Waals surface area contributed by atoms with Gasteiger partial charge >= 0.3 is 0 Å². The highest BCUT2D eigenvalue weighted by molar-refractivity contribution is 6.35. The van der Waals surface area contributed by atoms with E-state index in [0.717, 1.165) is 10.2 Å². The second-order valence-corrected chi connectivity index (χ2v) is 6.54. The third kappa shape index (κ3) is 3.00. The molecule has 2 aromatic carbocycles. The summed E-state index contributed by atoms with van der Waals surface area (Å²) in [6, 6.07) is 15.5. The van der Waals surface area contributed by atoms with Crippen molar-refractivity contribution >= 4 is 40.2 Å². The molecule has 4 rings (SSSR count). The lowest BCUT2D eigenvalue weighted by atomic mass is 10.1. The summed E-state index contributed by atoms with van der Waals surface area (Å²) in [5.41, 5.74) is 1.62. The Balaban J connectivity index is 1.92. The van der Waals surface area contributed by atoms with Crippen molar-refractivity contribution in [3.05, 3.63) is 85.4 Å². The topological polar surface area (TPSA) is 82.2 Å². The minimum atomic E-state index is -0.413. The highest BCUT2D eigenvalue weighted by Gasteiger charge is 2.14. The number of hydrogen-bond acceptors (Lipinski definition) is 3. The Morgan fingerprint density at radius 3 is 2.31 bits per heavy atom. The van der Waals surface area contributed by atoms with Crippen LogP contribution in [-0.4, -0.2) is 14.6 Å². The highest BCUT2D eigenvalue weighted by Crippen LogP contribution is 2.26. The van der Waals surface area contributed by atoms with E-state index in [2.05, 4.69) is 15.4 Å². The summed E-state index contributed by atoms with van der Waals surface area (Å²) < 4.78 is 1.16. The molecule has 8 heteroatoms. The van der Waals surface area contributed by atoms with Gasteiger partial charge in [0.25, 0.3) is 11.1 Å². The first-order chi connectivity index (χ1) is 12.5. The van der Waals surface area contributed by atoms with Gasteiger partial charge < -0.3 is 10.3 Å². The number of aromatic amines is 2. The SMILES string of the molecule is O=c1[nH]n2c(=O)cc(-c3cc(Cl)cc(Cl)c3)[nH]c2c1Nc1ccccc1. The van der Waals surface area contributed by atoms with Crippen LogP contribution in [0.3, 0.4) is 0 Å². The van der Waals surface area contributed by atoms with E-state index >= 15 is 0 Å². The number of aromatic nitrogens is 3. The molecule has 0 radical (unpaired) electrons. The molecular formula is C18H12Cl2N4O2. The number of rotatable bonds is 3. The van der Waals surface area contributed by atoms with Crippen molar-refractivity contribution in [3.63, 3.8) is 0 Å². The molecule has 0 unspecified atom stereocenters. The van der Waals surface area contributed by atoms with Crippen LogP contribution in [0.1, 0.15) is 0 Å². The lowest BCUT2D eigenvalue weighted by molar-refractivity contribution is 0.884. The van der Waals surface area contributed by atoms with Crippen LogP contribution in [-0.2, 0) is 0 Å². The van der Waals surface area contributed by atoms with Gasteiger partial charge in [0.05, 0.1) is 5.69 Å². The number of fused-ring (bicyclic) bond motifs is 1. The summed E-state index contributed by atoms with van der Waals surface area (Å²) in [5.74, 6) is 0. The van der Waals surface area contributed by atoms with Gasteiger partial charge in [-0.3, -0.25) is 14.7 Å². The van der Waals surface area contributed by atoms with Gasteiger partial charge in [-0.25, -0.2) is 0 Å². The summed E-state index contributed by atoms with van der Waals surface area (Å²) in [7, 11) is 0. The smallest absolute Gasteiger partial charge is 0.290 e. The zero-order chi connectivity index (χ0) is 18.3. The minimum absolute atomic E-state index is 0.239. The van der Waals surface area contributed by atoms with Crippen LogP contribution in [0, 0.1) is 0 Å². The normalized spacial score (nSPS) is 11.0. The molecule has 0 fully saturated rings. The molecule has 26 heavy (non-hydrogen) atoms. The summed E-state index contributed by atoms with van der Waals surface area (Å²) in [6.07, 6.45) is 0. The zero-order valence-electron chi connectivity index (χ0n) is 13.2. The molecule has 3 N–H and O–H groups in total. The van der Waals surface area contributed by atoms with E-state index < -0.39 is 5.56 Å². The van der Waals surface area contributed by atoms with E-state index in [9.17, 15) is 9.59 Å². The number of benzene rings is 2. The average Bonchev–Trinajstić information content (AvgIpc) is 2.92. The highest BCUT2D eigenvalue weighted by atomic mass is 35.5. The van der Waals surface area contributed by atoms with Crippen LogP contribution in [0.25, 0.3) is 16.9 Å². The maximum atomic E-state index is 12.4. The molecule has 2 heterocycles. The predicted octanol–water partition coefficient (Wildman–Crippen LogP) is 4.03. The summed E-state index contributed by atoms with van der Waals surface area (Å²) in [6.45, 7) is 0. The molecule has 0 saturated heterocycles. The fraction of sp³-hybridized carbons (Fsp3) is 0. The van der Waals surface area contributed by atoms with Gasteiger partial charge in [-0.1, -0.05) is 41.4 Å². The van der Waals surface area contributed by atoms with Crippen LogP contribution in [0.15, 0.2) is 64.2 Å². The van der Waals surface area contributed by atoms with Gasteiger partial charge in [-0.15, -0.1) is 0 Å². The third-order valence-electron chi connectivity index (χ3n) is 3.86. The average molecular weight is 387 g/mol. The van der Waals surface area contributed by atoms with Crippen LogP contribution >= 0.6 is 23.2 Å². The molecule has 0 aliphatic rings. The molecular weight excluding hydrogens is 375 g/mol. The Labute approximate surface area is 157 Å². The van der Waals surface area contributed by atoms with Gasteiger partial charge in [0.2, 0.25) is 0 Å². The van der Waals surface area contributed by atoms with Gasteiger partial charge in [0.1, 0.15) is 5.69 Å². The second kappa shape index (κ2) is 6.40. The molecule has 0 amide bonds. The molecule has 0 aliphatic heterocycles. The van der Waals surface area contributed by atoms with Crippen molar-refractivity contribution in [2.24, 2.45) is 0 Å². The summed E-state index contributed by atoms with van der Waals surface area (Å²) in [5, 5.41) is 6.45. The first kappa shape index (κ1) is 16.5. The predicted molar refractivity (Wildman–Crippen MR) is 104 cm³/mol. The number of halogens is 2. The van der Waals surface area contributed by atoms with Crippen LogP contribution < -0.4 is 16.4 Å². The molecule has 0 aliphatic carbocycles. The Bertz CT molecular complexity index is 1210. The fourth-order valence-corrected chi connectivity index (χ4v) is 3.24. The van der Waals surface area contributed by atoms with E-state index in [1.54, 1.807) is 18.2 Å². The van der Waals surface area contributed by atoms with Crippen LogP contribution in [0.4, 0.5) is 11.4 Å². The van der Waals surface area contributed by atoms with Gasteiger partial charge in [-0.05, 0) is 30.3 Å². The fourth-order valence-electron chi connectivity index (χ4n) is 2.71. The molecule has 0 bridgehead atoms. The molecule has 130 valence electrons. The summed E-state index contributed by atoms with van der Waals surface area (Å²) >= 11 is 12.1. The number of nitrogens with zero attached hydrogens (tertiary/aromatic N) is 1. The lowest BCUT2D eigenvalue weighted by Crippen LogP contribution is -2.15. The van der Waals surface area contributed by atoms with Gasteiger partial charge in [0, 0.05) is 27.4 Å². The standard InChI is InChI=1S/C18H12Cl2N4O2/c19-11-6-10(7-12(20)8-11)14-9-15(25)24-17(22-14)16(18(26)23-24)21-13-4-2-1-3-5-13/h1-9,21-22H,(H,23,26). The van der Waals surface area contributed by atoms with Crippen LogP contribution in [0.2, 0.25) is 10.0 Å². The van der Waals surface area contributed by atoms with Crippen molar-refractivity contribution in [2.75, 3.05) is 5.32 Å². The lowest BCUT2D eigenvalue weighted by Gasteiger charge is -2.07. The Kier molecular flexibility index (Phi) is 4.06. The van der Waals surface area contributed by atoms with E-state index in [0.29, 0.717) is 26.9 Å². The van der Waals surface area contributed by atoms with Crippen molar-refractivity contribution in [2.45, 2.75) is 0 Å². The molecule has 0 atom stereocenters. The van der Waals surface area contributed by atoms with Gasteiger partial charge in [-0.2, -0.15) is 4.52 Å². The molecule has 0 spiro atoms. The molecule has 2 aromatic heterocycles. The van der Waals surface area contributed by atoms with Crippen molar-refractivity contribution in [1.29, 1.82) is 0 Å². The number of hydrogen-bond donors (Lipinski definition) is 3. The van der Waals surface area contributed by atoms with E-state index in [-0.39, 0.29) is 11.2 Å². The third-order valence-corrected chi connectivity index (χ3v) is 4.30. The summed E-state index contributed by atoms with van der Waals surface area (Å²) in [4.78, 5) is 27.9. The van der Waals surface area contributed by atoms with Crippen LogP contribution in [0.5, 0.6) is 0 Å².